The summed E-state index contributed by atoms with van der Waals surface area (Å²) in [5, 5.41) is 4.08. The summed E-state index contributed by atoms with van der Waals surface area (Å²) in [5.74, 6) is 0.0829. The molecule has 0 unspecified atom stereocenters. The van der Waals surface area contributed by atoms with Gasteiger partial charge in [0.1, 0.15) is 5.88 Å². The molecule has 1 saturated carbocycles. The van der Waals surface area contributed by atoms with Crippen LogP contribution < -0.4 is 0 Å². The van der Waals surface area contributed by atoms with E-state index in [-0.39, 0.29) is 11.8 Å². The van der Waals surface area contributed by atoms with Crippen molar-refractivity contribution >= 4 is 17.5 Å². The van der Waals surface area contributed by atoms with Gasteiger partial charge in [0.05, 0.1) is 6.20 Å². The molecule has 4 nitrogen and oxygen atoms in total. The summed E-state index contributed by atoms with van der Waals surface area (Å²) in [6, 6.07) is 0.399. The molecule has 0 aromatic carbocycles. The zero-order valence-electron chi connectivity index (χ0n) is 8.69. The van der Waals surface area contributed by atoms with E-state index in [1.54, 1.807) is 10.9 Å². The smallest absolute Gasteiger partial charge is 0.238 e. The Hall–Kier alpha value is -1.03. The summed E-state index contributed by atoms with van der Waals surface area (Å²) in [7, 11) is 1.87. The van der Waals surface area contributed by atoms with E-state index in [0.717, 1.165) is 18.4 Å². The van der Waals surface area contributed by atoms with E-state index in [2.05, 4.69) is 5.10 Å². The highest BCUT2D eigenvalue weighted by atomic mass is 35.5. The van der Waals surface area contributed by atoms with E-state index in [0.29, 0.717) is 12.6 Å². The van der Waals surface area contributed by atoms with Gasteiger partial charge in [0.15, 0.2) is 0 Å². The maximum Gasteiger partial charge on any atom is 0.238 e. The summed E-state index contributed by atoms with van der Waals surface area (Å²) in [5.41, 5.74) is 1.06. The van der Waals surface area contributed by atoms with Crippen LogP contribution in [0, 0.1) is 0 Å². The van der Waals surface area contributed by atoms with E-state index in [9.17, 15) is 4.79 Å². The molecule has 0 spiro atoms. The zero-order valence-corrected chi connectivity index (χ0v) is 9.44. The molecule has 0 radical (unpaired) electrons. The first kappa shape index (κ1) is 10.5. The molecule has 0 saturated heterocycles. The minimum Gasteiger partial charge on any atom is -0.334 e. The van der Waals surface area contributed by atoms with Gasteiger partial charge in [-0.15, -0.1) is 11.6 Å². The van der Waals surface area contributed by atoms with E-state index < -0.39 is 0 Å². The predicted octanol–water partition coefficient (Wildman–Crippen LogP) is 1.15. The summed E-state index contributed by atoms with van der Waals surface area (Å²) in [4.78, 5) is 13.4. The molecule has 0 N–H and O–H groups in total. The van der Waals surface area contributed by atoms with Crippen molar-refractivity contribution in [3.05, 3.63) is 18.0 Å². The Morgan fingerprint density at radius 1 is 1.73 bits per heavy atom. The third kappa shape index (κ3) is 2.50. The highest BCUT2D eigenvalue weighted by Crippen LogP contribution is 2.28. The lowest BCUT2D eigenvalue weighted by molar-refractivity contribution is -0.129. The molecule has 1 fully saturated rings. The number of rotatable bonds is 4. The number of amides is 1. The minimum absolute atomic E-state index is 0.0167. The Kier molecular flexibility index (Phi) is 2.95. The summed E-state index contributed by atoms with van der Waals surface area (Å²) in [6.07, 6.45) is 5.92. The van der Waals surface area contributed by atoms with Crippen LogP contribution in [0.15, 0.2) is 12.4 Å². The second-order valence-corrected chi connectivity index (χ2v) is 4.18. The number of nitrogens with zero attached hydrogens (tertiary/aromatic N) is 3. The van der Waals surface area contributed by atoms with Gasteiger partial charge in [-0.1, -0.05) is 0 Å². The first-order valence-corrected chi connectivity index (χ1v) is 5.57. The van der Waals surface area contributed by atoms with Gasteiger partial charge >= 0.3 is 0 Å². The zero-order chi connectivity index (χ0) is 10.8. The normalized spacial score (nSPS) is 15.3. The first-order chi connectivity index (χ1) is 7.20. The van der Waals surface area contributed by atoms with Crippen LogP contribution in [-0.2, 0) is 18.4 Å². The average molecular weight is 228 g/mol. The first-order valence-electron chi connectivity index (χ1n) is 5.03. The van der Waals surface area contributed by atoms with Crippen molar-refractivity contribution in [1.29, 1.82) is 0 Å². The van der Waals surface area contributed by atoms with Gasteiger partial charge in [0.2, 0.25) is 5.91 Å². The Bertz CT molecular complexity index is 359. The quantitative estimate of drug-likeness (QED) is 0.724. The van der Waals surface area contributed by atoms with Crippen molar-refractivity contribution in [3.63, 3.8) is 0 Å². The van der Waals surface area contributed by atoms with Crippen LogP contribution in [0.5, 0.6) is 0 Å². The second kappa shape index (κ2) is 4.23. The summed E-state index contributed by atoms with van der Waals surface area (Å²) >= 11 is 5.58. The van der Waals surface area contributed by atoms with Crippen molar-refractivity contribution in [2.24, 2.45) is 7.05 Å². The molecule has 5 heteroatoms. The van der Waals surface area contributed by atoms with E-state index in [1.807, 2.05) is 18.1 Å². The van der Waals surface area contributed by atoms with Gasteiger partial charge in [-0.25, -0.2) is 0 Å². The maximum atomic E-state index is 11.6. The highest BCUT2D eigenvalue weighted by Gasteiger charge is 2.32. The summed E-state index contributed by atoms with van der Waals surface area (Å²) in [6.45, 7) is 0.629. The van der Waals surface area contributed by atoms with Gasteiger partial charge < -0.3 is 4.90 Å². The Morgan fingerprint density at radius 3 is 2.93 bits per heavy atom. The number of hydrogen-bond acceptors (Lipinski definition) is 2. The van der Waals surface area contributed by atoms with Crippen LogP contribution in [-0.4, -0.2) is 32.5 Å². The Morgan fingerprint density at radius 2 is 2.47 bits per heavy atom. The average Bonchev–Trinajstić information content (AvgIpc) is 2.98. The molecule has 1 aliphatic carbocycles. The van der Waals surface area contributed by atoms with Crippen LogP contribution in [0.3, 0.4) is 0 Å². The molecule has 1 aliphatic rings. The van der Waals surface area contributed by atoms with Gasteiger partial charge in [-0.05, 0) is 12.8 Å². The van der Waals surface area contributed by atoms with Gasteiger partial charge in [-0.3, -0.25) is 9.48 Å². The number of aromatic nitrogens is 2. The van der Waals surface area contributed by atoms with E-state index in [1.165, 1.54) is 0 Å². The van der Waals surface area contributed by atoms with Crippen LogP contribution in [0.25, 0.3) is 0 Å². The molecule has 1 aromatic rings. The number of carbonyl (C=O) groups excluding carboxylic acids is 1. The van der Waals surface area contributed by atoms with Crippen molar-refractivity contribution in [1.82, 2.24) is 14.7 Å². The molecule has 82 valence electrons. The van der Waals surface area contributed by atoms with E-state index in [4.69, 9.17) is 11.6 Å². The lowest BCUT2D eigenvalue weighted by Gasteiger charge is -2.20. The lowest BCUT2D eigenvalue weighted by Crippen LogP contribution is -2.33. The van der Waals surface area contributed by atoms with Crippen LogP contribution in [0.4, 0.5) is 0 Å². The number of halogens is 1. The second-order valence-electron chi connectivity index (χ2n) is 3.91. The largest absolute Gasteiger partial charge is 0.334 e. The SMILES string of the molecule is Cn1cc(CN(C(=O)CCl)C2CC2)cn1. The maximum absolute atomic E-state index is 11.6. The number of hydrogen-bond donors (Lipinski definition) is 0. The van der Waals surface area contributed by atoms with Crippen molar-refractivity contribution in [3.8, 4) is 0 Å². The lowest BCUT2D eigenvalue weighted by atomic mass is 10.3. The van der Waals surface area contributed by atoms with Crippen LogP contribution in [0.1, 0.15) is 18.4 Å². The fourth-order valence-corrected chi connectivity index (χ4v) is 1.79. The molecule has 0 atom stereocenters. The minimum atomic E-state index is 0.0167. The van der Waals surface area contributed by atoms with Gasteiger partial charge in [0, 0.05) is 31.4 Å². The number of aryl methyl sites for hydroxylation is 1. The molecule has 1 aromatic heterocycles. The van der Waals surface area contributed by atoms with Crippen LogP contribution in [0.2, 0.25) is 0 Å². The molecule has 0 bridgehead atoms. The third-order valence-electron chi connectivity index (χ3n) is 2.53. The molecule has 0 aliphatic heterocycles. The molecule has 1 heterocycles. The Labute approximate surface area is 93.8 Å². The number of alkyl halides is 1. The van der Waals surface area contributed by atoms with Crippen molar-refractivity contribution < 1.29 is 4.79 Å². The predicted molar refractivity (Wildman–Crippen MR) is 57.5 cm³/mol. The number of carbonyl (C=O) groups is 1. The summed E-state index contributed by atoms with van der Waals surface area (Å²) < 4.78 is 1.74. The fraction of sp³-hybridized carbons (Fsp3) is 0.600. The topological polar surface area (TPSA) is 38.1 Å². The van der Waals surface area contributed by atoms with Crippen molar-refractivity contribution in [2.75, 3.05) is 5.88 Å². The standard InChI is InChI=1S/C10H14ClN3O/c1-13-6-8(5-12-13)7-14(9-2-3-9)10(15)4-11/h5-6,9H,2-4,7H2,1H3. The fourth-order valence-electron chi connectivity index (χ4n) is 1.63. The van der Waals surface area contributed by atoms with Gasteiger partial charge in [-0.2, -0.15) is 5.10 Å². The monoisotopic (exact) mass is 227 g/mol. The van der Waals surface area contributed by atoms with Crippen LogP contribution >= 0.6 is 11.6 Å². The van der Waals surface area contributed by atoms with Crippen molar-refractivity contribution in [2.45, 2.75) is 25.4 Å². The molecular formula is C10H14ClN3O. The molecule has 1 amide bonds. The molecule has 15 heavy (non-hydrogen) atoms. The van der Waals surface area contributed by atoms with Gasteiger partial charge in [0.25, 0.3) is 0 Å². The Balaban J connectivity index is 2.03. The highest BCUT2D eigenvalue weighted by molar-refractivity contribution is 6.27. The molecular weight excluding hydrogens is 214 g/mol. The van der Waals surface area contributed by atoms with E-state index >= 15 is 0 Å². The third-order valence-corrected chi connectivity index (χ3v) is 2.76. The molecule has 2 rings (SSSR count).